The van der Waals surface area contributed by atoms with Crippen LogP contribution in [0.25, 0.3) is 0 Å². The molecule has 2 aromatic rings. The normalized spacial score (nSPS) is 15.0. The highest BCUT2D eigenvalue weighted by atomic mass is 16.6. The molecule has 0 aromatic heterocycles. The number of benzene rings is 2. The Hall–Kier alpha value is -3.22. The Balaban J connectivity index is 1.41. The van der Waals surface area contributed by atoms with Crippen molar-refractivity contribution in [1.82, 2.24) is 10.6 Å². The summed E-state index contributed by atoms with van der Waals surface area (Å²) in [7, 11) is 1.57. The van der Waals surface area contributed by atoms with Gasteiger partial charge in [0.25, 0.3) is 5.91 Å². The number of hydrogen-bond donors (Lipinski definition) is 2. The first-order valence-electron chi connectivity index (χ1n) is 8.26. The molecule has 1 aliphatic rings. The number of carbonyl (C=O) groups is 2. The van der Waals surface area contributed by atoms with Crippen LogP contribution < -0.4 is 20.1 Å². The highest BCUT2D eigenvalue weighted by Crippen LogP contribution is 2.30. The molecule has 26 heavy (non-hydrogen) atoms. The van der Waals surface area contributed by atoms with Gasteiger partial charge in [-0.25, -0.2) is 4.79 Å². The van der Waals surface area contributed by atoms with E-state index >= 15 is 0 Å². The molecule has 0 saturated heterocycles. The Morgan fingerprint density at radius 3 is 2.58 bits per heavy atom. The number of amides is 2. The quantitative estimate of drug-likeness (QED) is 0.857. The average molecular weight is 356 g/mol. The molecule has 0 aliphatic carbocycles. The summed E-state index contributed by atoms with van der Waals surface area (Å²) in [6.07, 6.45) is -0.813. The number of fused-ring (bicyclic) bond motifs is 1. The summed E-state index contributed by atoms with van der Waals surface area (Å²) in [5, 5.41) is 5.21. The van der Waals surface area contributed by atoms with Crippen LogP contribution in [0, 0.1) is 0 Å². The standard InChI is InChI=1S/C19H20N2O5/c1-20-18(22)14-8-6-13(7-9-14)11-25-19(23)21-10-15-12-24-16-4-2-3-5-17(16)26-15/h2-9,15H,10-12H2,1H3,(H,20,22)(H,21,23). The fourth-order valence-electron chi connectivity index (χ4n) is 2.46. The van der Waals surface area contributed by atoms with Gasteiger partial charge in [0.15, 0.2) is 17.6 Å². The Kier molecular flexibility index (Phi) is 5.58. The molecule has 7 heteroatoms. The number of ether oxygens (including phenoxy) is 3. The van der Waals surface area contributed by atoms with Crippen LogP contribution >= 0.6 is 0 Å². The van der Waals surface area contributed by atoms with E-state index in [0.29, 0.717) is 23.7 Å². The minimum absolute atomic E-state index is 0.116. The van der Waals surface area contributed by atoms with Crippen LogP contribution in [0.1, 0.15) is 15.9 Å². The monoisotopic (exact) mass is 356 g/mol. The van der Waals surface area contributed by atoms with E-state index < -0.39 is 6.09 Å². The summed E-state index contributed by atoms with van der Waals surface area (Å²) in [6, 6.07) is 14.2. The summed E-state index contributed by atoms with van der Waals surface area (Å²) >= 11 is 0. The van der Waals surface area contributed by atoms with Crippen molar-refractivity contribution in [3.63, 3.8) is 0 Å². The van der Waals surface area contributed by atoms with Crippen LogP contribution in [0.2, 0.25) is 0 Å². The lowest BCUT2D eigenvalue weighted by atomic mass is 10.1. The van der Waals surface area contributed by atoms with Gasteiger partial charge < -0.3 is 24.8 Å². The summed E-state index contributed by atoms with van der Waals surface area (Å²) in [6.45, 7) is 0.756. The molecule has 0 bridgehead atoms. The van der Waals surface area contributed by atoms with Gasteiger partial charge in [0.2, 0.25) is 0 Å². The molecule has 1 aliphatic heterocycles. The predicted octanol–water partition coefficient (Wildman–Crippen LogP) is 2.11. The van der Waals surface area contributed by atoms with Crippen LogP contribution in [-0.4, -0.2) is 38.3 Å². The summed E-state index contributed by atoms with van der Waals surface area (Å²) < 4.78 is 16.5. The minimum atomic E-state index is -0.539. The number of hydrogen-bond acceptors (Lipinski definition) is 5. The molecule has 2 N–H and O–H groups in total. The van der Waals surface area contributed by atoms with Gasteiger partial charge in [0.05, 0.1) is 6.54 Å². The second-order valence-electron chi connectivity index (χ2n) is 5.73. The van der Waals surface area contributed by atoms with Crippen molar-refractivity contribution in [2.45, 2.75) is 12.7 Å². The number of nitrogens with one attached hydrogen (secondary N) is 2. The maximum atomic E-state index is 11.8. The van der Waals surface area contributed by atoms with Gasteiger partial charge in [-0.2, -0.15) is 0 Å². The number of carbonyl (C=O) groups excluding carboxylic acids is 2. The van der Waals surface area contributed by atoms with Crippen LogP contribution in [0.15, 0.2) is 48.5 Å². The summed E-state index contributed by atoms with van der Waals surface area (Å²) in [5.74, 6) is 1.20. The van der Waals surface area contributed by atoms with Crippen LogP contribution in [0.4, 0.5) is 4.79 Å². The molecule has 7 nitrogen and oxygen atoms in total. The zero-order valence-corrected chi connectivity index (χ0v) is 14.4. The Bertz CT molecular complexity index is 776. The smallest absolute Gasteiger partial charge is 0.407 e. The van der Waals surface area contributed by atoms with E-state index in [9.17, 15) is 9.59 Å². The van der Waals surface area contributed by atoms with Gasteiger partial charge in [-0.1, -0.05) is 24.3 Å². The van der Waals surface area contributed by atoms with E-state index in [-0.39, 0.29) is 25.2 Å². The van der Waals surface area contributed by atoms with Crippen molar-refractivity contribution in [3.05, 3.63) is 59.7 Å². The predicted molar refractivity (Wildman–Crippen MR) is 94.4 cm³/mol. The molecule has 0 radical (unpaired) electrons. The van der Waals surface area contributed by atoms with E-state index in [1.54, 1.807) is 31.3 Å². The summed E-state index contributed by atoms with van der Waals surface area (Å²) in [5.41, 5.74) is 1.34. The molecule has 1 unspecified atom stereocenters. The zero-order valence-electron chi connectivity index (χ0n) is 14.4. The van der Waals surface area contributed by atoms with Crippen LogP contribution in [-0.2, 0) is 11.3 Å². The van der Waals surface area contributed by atoms with E-state index in [2.05, 4.69) is 10.6 Å². The van der Waals surface area contributed by atoms with Crippen LogP contribution in [0.5, 0.6) is 11.5 Å². The number of para-hydroxylation sites is 2. The minimum Gasteiger partial charge on any atom is -0.486 e. The third-order valence-electron chi connectivity index (χ3n) is 3.85. The lowest BCUT2D eigenvalue weighted by Gasteiger charge is -2.26. The van der Waals surface area contributed by atoms with E-state index in [0.717, 1.165) is 5.56 Å². The van der Waals surface area contributed by atoms with Gasteiger partial charge in [-0.05, 0) is 29.8 Å². The highest BCUT2D eigenvalue weighted by molar-refractivity contribution is 5.93. The lowest BCUT2D eigenvalue weighted by Crippen LogP contribution is -2.40. The molecule has 0 fully saturated rings. The van der Waals surface area contributed by atoms with E-state index in [1.165, 1.54) is 0 Å². The largest absolute Gasteiger partial charge is 0.486 e. The number of rotatable bonds is 5. The number of alkyl carbamates (subject to hydrolysis) is 1. The van der Waals surface area contributed by atoms with E-state index in [1.807, 2.05) is 24.3 Å². The molecule has 0 spiro atoms. The Morgan fingerprint density at radius 2 is 1.85 bits per heavy atom. The molecule has 2 amide bonds. The molecule has 1 atom stereocenters. The first kappa shape index (κ1) is 17.6. The fraction of sp³-hybridized carbons (Fsp3) is 0.263. The molecule has 3 rings (SSSR count). The van der Waals surface area contributed by atoms with Gasteiger partial charge in [0, 0.05) is 12.6 Å². The molecular formula is C19H20N2O5. The lowest BCUT2D eigenvalue weighted by molar-refractivity contribution is 0.0847. The van der Waals surface area contributed by atoms with Gasteiger partial charge >= 0.3 is 6.09 Å². The Labute approximate surface area is 151 Å². The van der Waals surface area contributed by atoms with Gasteiger partial charge in [-0.3, -0.25) is 4.79 Å². The molecule has 0 saturated carbocycles. The molecule has 2 aromatic carbocycles. The van der Waals surface area contributed by atoms with Crippen molar-refractivity contribution >= 4 is 12.0 Å². The van der Waals surface area contributed by atoms with Crippen molar-refractivity contribution in [3.8, 4) is 11.5 Å². The Morgan fingerprint density at radius 1 is 1.12 bits per heavy atom. The van der Waals surface area contributed by atoms with Crippen molar-refractivity contribution in [1.29, 1.82) is 0 Å². The molecular weight excluding hydrogens is 336 g/mol. The van der Waals surface area contributed by atoms with Crippen molar-refractivity contribution in [2.75, 3.05) is 20.2 Å². The second kappa shape index (κ2) is 8.24. The third-order valence-corrected chi connectivity index (χ3v) is 3.85. The second-order valence-corrected chi connectivity index (χ2v) is 5.73. The third kappa shape index (κ3) is 4.44. The summed E-state index contributed by atoms with van der Waals surface area (Å²) in [4.78, 5) is 23.3. The maximum Gasteiger partial charge on any atom is 0.407 e. The van der Waals surface area contributed by atoms with Crippen molar-refractivity contribution in [2.24, 2.45) is 0 Å². The first-order chi connectivity index (χ1) is 12.7. The first-order valence-corrected chi connectivity index (χ1v) is 8.26. The van der Waals surface area contributed by atoms with Gasteiger partial charge in [0.1, 0.15) is 13.2 Å². The van der Waals surface area contributed by atoms with Crippen LogP contribution in [0.3, 0.4) is 0 Å². The SMILES string of the molecule is CNC(=O)c1ccc(COC(=O)NCC2COc3ccccc3O2)cc1. The zero-order chi connectivity index (χ0) is 18.4. The fourth-order valence-corrected chi connectivity index (χ4v) is 2.46. The molecule has 1 heterocycles. The highest BCUT2D eigenvalue weighted by Gasteiger charge is 2.21. The average Bonchev–Trinajstić information content (AvgIpc) is 2.70. The maximum absolute atomic E-state index is 11.8. The van der Waals surface area contributed by atoms with Crippen molar-refractivity contribution < 1.29 is 23.8 Å². The molecule has 136 valence electrons. The van der Waals surface area contributed by atoms with E-state index in [4.69, 9.17) is 14.2 Å². The van der Waals surface area contributed by atoms with Gasteiger partial charge in [-0.15, -0.1) is 0 Å². The topological polar surface area (TPSA) is 85.9 Å².